The third-order valence-corrected chi connectivity index (χ3v) is 5.42. The van der Waals surface area contributed by atoms with Crippen molar-refractivity contribution in [3.63, 3.8) is 0 Å². The molecule has 0 amide bonds. The summed E-state index contributed by atoms with van der Waals surface area (Å²) in [5, 5.41) is 10.8. The highest BCUT2D eigenvalue weighted by atomic mass is 32.2. The third kappa shape index (κ3) is 4.63. The summed E-state index contributed by atoms with van der Waals surface area (Å²) < 4.78 is 15.5. The standard InChI is InChI=1S/C23H19N3O2S/c27-22(18-12-6-2-7-13-18)21-16-20(17-10-4-1-5-11-17)24-23(25-21)26-29(28)19-14-8-3-9-15-19/h1-16,22,27H,(H,24,25,26). The van der Waals surface area contributed by atoms with Crippen LogP contribution in [0.2, 0.25) is 0 Å². The minimum atomic E-state index is -1.52. The van der Waals surface area contributed by atoms with Gasteiger partial charge in [-0.25, -0.2) is 9.97 Å². The summed E-state index contributed by atoms with van der Waals surface area (Å²) in [5.74, 6) is 0.193. The van der Waals surface area contributed by atoms with Crippen LogP contribution >= 0.6 is 0 Å². The van der Waals surface area contributed by atoms with Crippen molar-refractivity contribution in [2.75, 3.05) is 4.72 Å². The fourth-order valence-corrected chi connectivity index (χ4v) is 3.68. The summed E-state index contributed by atoms with van der Waals surface area (Å²) in [4.78, 5) is 9.57. The molecule has 4 rings (SSSR count). The third-order valence-electron chi connectivity index (χ3n) is 4.35. The molecule has 1 heterocycles. The van der Waals surface area contributed by atoms with E-state index in [4.69, 9.17) is 0 Å². The Morgan fingerprint density at radius 3 is 2.03 bits per heavy atom. The fraction of sp³-hybridized carbons (Fsp3) is 0.0435. The molecule has 1 aromatic heterocycles. The van der Waals surface area contributed by atoms with Gasteiger partial charge in [-0.3, -0.25) is 0 Å². The lowest BCUT2D eigenvalue weighted by atomic mass is 10.0. The Hall–Kier alpha value is -3.19. The van der Waals surface area contributed by atoms with E-state index >= 15 is 0 Å². The van der Waals surface area contributed by atoms with E-state index in [0.29, 0.717) is 16.3 Å². The molecule has 0 bridgehead atoms. The quantitative estimate of drug-likeness (QED) is 0.469. The summed E-state index contributed by atoms with van der Waals surface area (Å²) in [6.45, 7) is 0. The van der Waals surface area contributed by atoms with Crippen molar-refractivity contribution in [2.24, 2.45) is 0 Å². The van der Waals surface area contributed by atoms with Gasteiger partial charge in [-0.2, -0.15) is 4.72 Å². The second-order valence-electron chi connectivity index (χ2n) is 6.36. The first-order valence-electron chi connectivity index (χ1n) is 9.11. The molecule has 0 fully saturated rings. The maximum atomic E-state index is 12.7. The molecule has 0 radical (unpaired) electrons. The molecule has 0 aliphatic heterocycles. The van der Waals surface area contributed by atoms with Crippen LogP contribution in [0.3, 0.4) is 0 Å². The second-order valence-corrected chi connectivity index (χ2v) is 7.58. The van der Waals surface area contributed by atoms with Crippen LogP contribution in [-0.4, -0.2) is 19.6 Å². The Bertz CT molecular complexity index is 1060. The van der Waals surface area contributed by atoms with Crippen molar-refractivity contribution >= 4 is 17.3 Å². The Labute approximate surface area is 172 Å². The summed E-state index contributed by atoms with van der Waals surface area (Å²) in [7, 11) is 0. The van der Waals surface area contributed by atoms with Crippen LogP contribution in [0, 0.1) is 0 Å². The number of anilines is 1. The van der Waals surface area contributed by atoms with Crippen molar-refractivity contribution < 1.29 is 9.66 Å². The average Bonchev–Trinajstić information content (AvgIpc) is 2.80. The Kier molecular flexibility index (Phi) is 5.86. The molecule has 2 atom stereocenters. The second kappa shape index (κ2) is 8.87. The summed E-state index contributed by atoms with van der Waals surface area (Å²) in [6.07, 6.45) is -0.924. The van der Waals surface area contributed by atoms with Gasteiger partial charge in [0.25, 0.3) is 5.95 Å². The molecule has 0 spiro atoms. The summed E-state index contributed by atoms with van der Waals surface area (Å²) in [6, 6.07) is 29.7. The summed E-state index contributed by atoms with van der Waals surface area (Å²) >= 11 is -1.52. The lowest BCUT2D eigenvalue weighted by molar-refractivity contribution is 0.215. The molecule has 6 heteroatoms. The molecule has 144 valence electrons. The zero-order valence-corrected chi connectivity index (χ0v) is 16.3. The monoisotopic (exact) mass is 401 g/mol. The first-order chi connectivity index (χ1) is 14.2. The number of hydrogen-bond acceptors (Lipinski definition) is 5. The largest absolute Gasteiger partial charge is 0.588 e. The van der Waals surface area contributed by atoms with E-state index in [1.165, 1.54) is 0 Å². The number of nitrogens with one attached hydrogen (secondary N) is 1. The number of nitrogens with zero attached hydrogens (tertiary/aromatic N) is 2. The number of hydrogen-bond donors (Lipinski definition) is 2. The van der Waals surface area contributed by atoms with Gasteiger partial charge in [0.15, 0.2) is 4.90 Å². The van der Waals surface area contributed by atoms with Gasteiger partial charge in [-0.1, -0.05) is 78.9 Å². The van der Waals surface area contributed by atoms with Crippen LogP contribution in [-0.2, 0) is 11.4 Å². The average molecular weight is 401 g/mol. The fourth-order valence-electron chi connectivity index (χ4n) is 2.90. The predicted octanol–water partition coefficient (Wildman–Crippen LogP) is 4.36. The number of rotatable bonds is 6. The lowest BCUT2D eigenvalue weighted by Gasteiger charge is -2.15. The van der Waals surface area contributed by atoms with Gasteiger partial charge in [0.2, 0.25) is 0 Å². The molecule has 0 saturated carbocycles. The van der Waals surface area contributed by atoms with E-state index in [1.807, 2.05) is 78.9 Å². The van der Waals surface area contributed by atoms with Crippen LogP contribution in [0.4, 0.5) is 5.95 Å². The highest BCUT2D eigenvalue weighted by Crippen LogP contribution is 2.26. The van der Waals surface area contributed by atoms with E-state index in [2.05, 4.69) is 14.7 Å². The highest BCUT2D eigenvalue weighted by Gasteiger charge is 2.19. The molecular weight excluding hydrogens is 382 g/mol. The predicted molar refractivity (Wildman–Crippen MR) is 114 cm³/mol. The number of aliphatic hydroxyl groups excluding tert-OH is 1. The van der Waals surface area contributed by atoms with Gasteiger partial charge >= 0.3 is 0 Å². The van der Waals surface area contributed by atoms with E-state index in [9.17, 15) is 9.66 Å². The number of benzene rings is 3. The first-order valence-corrected chi connectivity index (χ1v) is 10.3. The smallest absolute Gasteiger partial charge is 0.266 e. The van der Waals surface area contributed by atoms with E-state index < -0.39 is 17.5 Å². The van der Waals surface area contributed by atoms with Crippen LogP contribution in [0.1, 0.15) is 17.4 Å². The molecule has 3 aromatic carbocycles. The Balaban J connectivity index is 1.72. The minimum Gasteiger partial charge on any atom is -0.588 e. The van der Waals surface area contributed by atoms with E-state index in [1.54, 1.807) is 18.2 Å². The molecule has 0 aliphatic carbocycles. The summed E-state index contributed by atoms with van der Waals surface area (Å²) in [5.41, 5.74) is 2.67. The molecule has 29 heavy (non-hydrogen) atoms. The van der Waals surface area contributed by atoms with Crippen molar-refractivity contribution in [1.82, 2.24) is 9.97 Å². The molecule has 2 unspecified atom stereocenters. The van der Waals surface area contributed by atoms with Gasteiger partial charge < -0.3 is 9.66 Å². The van der Waals surface area contributed by atoms with Gasteiger partial charge in [0.05, 0.1) is 11.4 Å². The van der Waals surface area contributed by atoms with Gasteiger partial charge in [-0.05, 0) is 23.8 Å². The zero-order chi connectivity index (χ0) is 20.1. The molecule has 5 nitrogen and oxygen atoms in total. The normalized spacial score (nSPS) is 12.9. The maximum absolute atomic E-state index is 12.7. The maximum Gasteiger partial charge on any atom is 0.266 e. The zero-order valence-electron chi connectivity index (χ0n) is 15.5. The molecule has 4 aromatic rings. The van der Waals surface area contributed by atoms with E-state index in [0.717, 1.165) is 11.1 Å². The van der Waals surface area contributed by atoms with Gasteiger partial charge in [0.1, 0.15) is 17.5 Å². The van der Waals surface area contributed by atoms with Crippen molar-refractivity contribution in [1.29, 1.82) is 0 Å². The van der Waals surface area contributed by atoms with Gasteiger partial charge in [0, 0.05) is 5.56 Å². The number of aromatic nitrogens is 2. The van der Waals surface area contributed by atoms with Crippen molar-refractivity contribution in [2.45, 2.75) is 11.0 Å². The van der Waals surface area contributed by atoms with E-state index in [-0.39, 0.29) is 5.95 Å². The number of aliphatic hydroxyl groups is 1. The Morgan fingerprint density at radius 2 is 1.38 bits per heavy atom. The topological polar surface area (TPSA) is 81.1 Å². The van der Waals surface area contributed by atoms with Crippen LogP contribution < -0.4 is 4.72 Å². The molecular formula is C23H19N3O2S. The molecule has 2 N–H and O–H groups in total. The van der Waals surface area contributed by atoms with Crippen LogP contribution in [0.15, 0.2) is 102 Å². The van der Waals surface area contributed by atoms with Gasteiger partial charge in [-0.15, -0.1) is 0 Å². The molecule has 0 saturated heterocycles. The van der Waals surface area contributed by atoms with Crippen LogP contribution in [0.5, 0.6) is 0 Å². The molecule has 0 aliphatic rings. The first kappa shape index (κ1) is 19.1. The SMILES string of the molecule is [O-][S+](Nc1nc(-c2ccccc2)cc(C(O)c2ccccc2)n1)c1ccccc1. The van der Waals surface area contributed by atoms with Crippen molar-refractivity contribution in [3.05, 3.63) is 108 Å². The van der Waals surface area contributed by atoms with Crippen LogP contribution in [0.25, 0.3) is 11.3 Å². The minimum absolute atomic E-state index is 0.193. The Morgan fingerprint density at radius 1 is 0.793 bits per heavy atom. The van der Waals surface area contributed by atoms with Crippen molar-refractivity contribution in [3.8, 4) is 11.3 Å². The lowest BCUT2D eigenvalue weighted by Crippen LogP contribution is -2.16. The highest BCUT2D eigenvalue weighted by molar-refractivity contribution is 7.92.